The van der Waals surface area contributed by atoms with Crippen molar-refractivity contribution in [3.8, 4) is 0 Å². The zero-order valence-corrected chi connectivity index (χ0v) is 13.2. The smallest absolute Gasteiger partial charge is 0.267 e. The van der Waals surface area contributed by atoms with Crippen LogP contribution in [0.2, 0.25) is 0 Å². The third kappa shape index (κ3) is 3.85. The Hall–Kier alpha value is -2.44. The minimum absolute atomic E-state index is 0.0112. The van der Waals surface area contributed by atoms with Crippen molar-refractivity contribution in [2.24, 2.45) is 5.92 Å². The molecule has 0 aromatic carbocycles. The summed E-state index contributed by atoms with van der Waals surface area (Å²) in [4.78, 5) is 26.1. The summed E-state index contributed by atoms with van der Waals surface area (Å²) in [5.74, 6) is 0.384. The lowest BCUT2D eigenvalue weighted by molar-refractivity contribution is -0.133. The number of amides is 1. The molecule has 0 saturated carbocycles. The third-order valence-corrected chi connectivity index (χ3v) is 4.22. The largest absolute Gasteiger partial charge is 0.341 e. The number of piperidine rings is 1. The Bertz CT molecular complexity index is 722. The van der Waals surface area contributed by atoms with Crippen molar-refractivity contribution in [1.29, 1.82) is 0 Å². The minimum atomic E-state index is -0.241. The van der Waals surface area contributed by atoms with Crippen LogP contribution in [-0.4, -0.2) is 43.9 Å². The van der Waals surface area contributed by atoms with Gasteiger partial charge in [0.1, 0.15) is 6.54 Å². The molecule has 7 heteroatoms. The summed E-state index contributed by atoms with van der Waals surface area (Å²) in [6.07, 6.45) is 4.73. The van der Waals surface area contributed by atoms with Gasteiger partial charge >= 0.3 is 0 Å². The van der Waals surface area contributed by atoms with E-state index in [1.807, 2.05) is 17.9 Å². The monoisotopic (exact) mass is 315 g/mol. The van der Waals surface area contributed by atoms with Crippen molar-refractivity contribution in [1.82, 2.24) is 24.9 Å². The van der Waals surface area contributed by atoms with Gasteiger partial charge in [-0.15, -0.1) is 0 Å². The van der Waals surface area contributed by atoms with E-state index in [-0.39, 0.29) is 18.0 Å². The maximum Gasteiger partial charge on any atom is 0.267 e. The SMILES string of the molecule is Cc1ccc(=O)n(CC(=O)N2CCC[C@H](Cc3ccn[nH]3)C2)n1. The molecule has 1 aliphatic heterocycles. The van der Waals surface area contributed by atoms with Crippen molar-refractivity contribution in [3.05, 3.63) is 46.1 Å². The summed E-state index contributed by atoms with van der Waals surface area (Å²) >= 11 is 0. The molecular formula is C16H21N5O2. The van der Waals surface area contributed by atoms with Crippen molar-refractivity contribution >= 4 is 5.91 Å². The number of carbonyl (C=O) groups is 1. The average Bonchev–Trinajstić information content (AvgIpc) is 3.04. The number of carbonyl (C=O) groups excluding carboxylic acids is 1. The molecule has 2 aromatic heterocycles. The summed E-state index contributed by atoms with van der Waals surface area (Å²) in [6.45, 7) is 3.29. The van der Waals surface area contributed by atoms with Gasteiger partial charge in [0.15, 0.2) is 0 Å². The molecule has 1 fully saturated rings. The first-order chi connectivity index (χ1) is 11.1. The molecule has 1 N–H and O–H groups in total. The molecule has 0 bridgehead atoms. The van der Waals surface area contributed by atoms with Crippen LogP contribution >= 0.6 is 0 Å². The van der Waals surface area contributed by atoms with Gasteiger partial charge in [0.2, 0.25) is 5.91 Å². The van der Waals surface area contributed by atoms with Crippen LogP contribution in [0, 0.1) is 12.8 Å². The highest BCUT2D eigenvalue weighted by atomic mass is 16.2. The highest BCUT2D eigenvalue weighted by Crippen LogP contribution is 2.20. The van der Waals surface area contributed by atoms with Crippen LogP contribution in [0.1, 0.15) is 24.2 Å². The molecule has 3 heterocycles. The van der Waals surface area contributed by atoms with Crippen LogP contribution < -0.4 is 5.56 Å². The van der Waals surface area contributed by atoms with Gasteiger partial charge < -0.3 is 4.90 Å². The molecule has 0 spiro atoms. The first-order valence-electron chi connectivity index (χ1n) is 7.92. The summed E-state index contributed by atoms with van der Waals surface area (Å²) in [5, 5.41) is 11.1. The number of aromatic nitrogens is 4. The van der Waals surface area contributed by atoms with E-state index in [4.69, 9.17) is 0 Å². The van der Waals surface area contributed by atoms with E-state index >= 15 is 0 Å². The van der Waals surface area contributed by atoms with E-state index in [0.29, 0.717) is 5.92 Å². The molecule has 0 aliphatic carbocycles. The molecule has 1 aliphatic rings. The van der Waals surface area contributed by atoms with Gasteiger partial charge in [-0.3, -0.25) is 14.7 Å². The highest BCUT2D eigenvalue weighted by molar-refractivity contribution is 5.76. The van der Waals surface area contributed by atoms with Gasteiger partial charge in [-0.1, -0.05) is 0 Å². The molecule has 1 atom stereocenters. The van der Waals surface area contributed by atoms with E-state index in [1.54, 1.807) is 12.3 Å². The first-order valence-corrected chi connectivity index (χ1v) is 7.92. The van der Waals surface area contributed by atoms with Crippen LogP contribution in [0.15, 0.2) is 29.2 Å². The summed E-state index contributed by atoms with van der Waals surface area (Å²) in [7, 11) is 0. The Kier molecular flexibility index (Phi) is 4.55. The van der Waals surface area contributed by atoms with Crippen LogP contribution in [0.5, 0.6) is 0 Å². The Morgan fingerprint density at radius 1 is 1.39 bits per heavy atom. The Morgan fingerprint density at radius 3 is 3.04 bits per heavy atom. The summed E-state index contributed by atoms with van der Waals surface area (Å²) < 4.78 is 1.25. The number of aromatic amines is 1. The van der Waals surface area contributed by atoms with Gasteiger partial charge in [-0.05, 0) is 44.2 Å². The molecule has 0 unspecified atom stereocenters. The van der Waals surface area contributed by atoms with Crippen LogP contribution in [-0.2, 0) is 17.8 Å². The van der Waals surface area contributed by atoms with E-state index in [1.165, 1.54) is 10.7 Å². The fraction of sp³-hybridized carbons (Fsp3) is 0.500. The van der Waals surface area contributed by atoms with Gasteiger partial charge in [0.25, 0.3) is 5.56 Å². The molecule has 1 saturated heterocycles. The van der Waals surface area contributed by atoms with Gasteiger partial charge in [-0.2, -0.15) is 10.2 Å². The highest BCUT2D eigenvalue weighted by Gasteiger charge is 2.24. The quantitative estimate of drug-likeness (QED) is 0.902. The van der Waals surface area contributed by atoms with E-state index in [9.17, 15) is 9.59 Å². The van der Waals surface area contributed by atoms with Crippen molar-refractivity contribution in [2.75, 3.05) is 13.1 Å². The van der Waals surface area contributed by atoms with E-state index < -0.39 is 0 Å². The predicted octanol–water partition coefficient (Wildman–Crippen LogP) is 0.756. The predicted molar refractivity (Wildman–Crippen MR) is 84.8 cm³/mol. The number of rotatable bonds is 4. The minimum Gasteiger partial charge on any atom is -0.341 e. The first kappa shape index (κ1) is 15.5. The van der Waals surface area contributed by atoms with Crippen molar-refractivity contribution in [2.45, 2.75) is 32.7 Å². The van der Waals surface area contributed by atoms with Crippen molar-refractivity contribution in [3.63, 3.8) is 0 Å². The van der Waals surface area contributed by atoms with Crippen LogP contribution in [0.25, 0.3) is 0 Å². The Labute approximate surface area is 134 Å². The molecule has 1 amide bonds. The summed E-state index contributed by atoms with van der Waals surface area (Å²) in [6, 6.07) is 5.08. The van der Waals surface area contributed by atoms with E-state index in [2.05, 4.69) is 15.3 Å². The van der Waals surface area contributed by atoms with Crippen LogP contribution in [0.3, 0.4) is 0 Å². The topological polar surface area (TPSA) is 83.9 Å². The molecular weight excluding hydrogens is 294 g/mol. The Morgan fingerprint density at radius 2 is 2.26 bits per heavy atom. The van der Waals surface area contributed by atoms with Crippen LogP contribution in [0.4, 0.5) is 0 Å². The zero-order valence-electron chi connectivity index (χ0n) is 13.2. The second-order valence-corrected chi connectivity index (χ2v) is 6.10. The number of hydrogen-bond donors (Lipinski definition) is 1. The zero-order chi connectivity index (χ0) is 16.2. The number of nitrogens with one attached hydrogen (secondary N) is 1. The molecule has 7 nitrogen and oxygen atoms in total. The Balaban J connectivity index is 1.62. The normalized spacial score (nSPS) is 18.1. The lowest BCUT2D eigenvalue weighted by Crippen LogP contribution is -2.43. The molecule has 0 radical (unpaired) electrons. The fourth-order valence-electron chi connectivity index (χ4n) is 3.06. The maximum atomic E-state index is 12.5. The lowest BCUT2D eigenvalue weighted by atomic mass is 9.93. The molecule has 23 heavy (non-hydrogen) atoms. The fourth-order valence-corrected chi connectivity index (χ4v) is 3.06. The van der Waals surface area contributed by atoms with Crippen molar-refractivity contribution < 1.29 is 4.79 Å². The maximum absolute atomic E-state index is 12.5. The number of H-pyrrole nitrogens is 1. The second kappa shape index (κ2) is 6.76. The molecule has 3 rings (SSSR count). The third-order valence-electron chi connectivity index (χ3n) is 4.22. The van der Waals surface area contributed by atoms with Gasteiger partial charge in [0, 0.05) is 31.0 Å². The molecule has 122 valence electrons. The second-order valence-electron chi connectivity index (χ2n) is 6.10. The standard InChI is InChI=1S/C16H21N5O2/c1-12-4-5-15(22)21(19-12)11-16(23)20-8-2-3-13(10-20)9-14-6-7-17-18-14/h4-7,13H,2-3,8-11H2,1H3,(H,17,18)/t13-/m1/s1. The summed E-state index contributed by atoms with van der Waals surface area (Å²) in [5.41, 5.74) is 1.59. The van der Waals surface area contributed by atoms with Gasteiger partial charge in [-0.25, -0.2) is 4.68 Å². The number of nitrogens with zero attached hydrogens (tertiary/aromatic N) is 4. The number of hydrogen-bond acceptors (Lipinski definition) is 4. The number of aryl methyl sites for hydroxylation is 1. The molecule has 2 aromatic rings. The van der Waals surface area contributed by atoms with Gasteiger partial charge in [0.05, 0.1) is 5.69 Å². The lowest BCUT2D eigenvalue weighted by Gasteiger charge is -2.32. The van der Waals surface area contributed by atoms with E-state index in [0.717, 1.165) is 43.7 Å². The average molecular weight is 315 g/mol. The number of likely N-dealkylation sites (tertiary alicyclic amines) is 1.